The lowest BCUT2D eigenvalue weighted by molar-refractivity contribution is 0.198. The van der Waals surface area contributed by atoms with Gasteiger partial charge in [0.15, 0.2) is 5.96 Å². The Morgan fingerprint density at radius 1 is 1.45 bits per heavy atom. The van der Waals surface area contributed by atoms with Crippen LogP contribution < -0.4 is 11.1 Å². The molecule has 1 saturated carbocycles. The van der Waals surface area contributed by atoms with E-state index in [4.69, 9.17) is 10.2 Å². The second-order valence-electron chi connectivity index (χ2n) is 5.66. The second kappa shape index (κ2) is 10.1. The minimum absolute atomic E-state index is 0. The molecule has 0 aliphatic heterocycles. The minimum atomic E-state index is 0. The van der Waals surface area contributed by atoms with E-state index in [1.54, 1.807) is 6.26 Å². The van der Waals surface area contributed by atoms with Crippen molar-refractivity contribution < 1.29 is 4.42 Å². The summed E-state index contributed by atoms with van der Waals surface area (Å²) in [6.45, 7) is 7.81. The van der Waals surface area contributed by atoms with Crippen molar-refractivity contribution in [1.82, 2.24) is 10.2 Å². The van der Waals surface area contributed by atoms with Gasteiger partial charge in [-0.05, 0) is 44.0 Å². The molecule has 6 heteroatoms. The van der Waals surface area contributed by atoms with Crippen LogP contribution in [0.5, 0.6) is 0 Å². The van der Waals surface area contributed by atoms with Gasteiger partial charge in [-0.2, -0.15) is 0 Å². The Bertz CT molecular complexity index is 427. The topological polar surface area (TPSA) is 66.8 Å². The van der Waals surface area contributed by atoms with Crippen LogP contribution in [-0.2, 0) is 0 Å². The Labute approximate surface area is 150 Å². The van der Waals surface area contributed by atoms with Gasteiger partial charge in [-0.1, -0.05) is 20.3 Å². The van der Waals surface area contributed by atoms with E-state index in [0.717, 1.165) is 31.3 Å². The normalized spacial score (nSPS) is 17.0. The maximum atomic E-state index is 5.98. The lowest BCUT2D eigenvalue weighted by Crippen LogP contribution is -2.38. The van der Waals surface area contributed by atoms with Gasteiger partial charge in [0.1, 0.15) is 5.76 Å². The lowest BCUT2D eigenvalue weighted by Gasteiger charge is -2.27. The fourth-order valence-corrected chi connectivity index (χ4v) is 2.72. The van der Waals surface area contributed by atoms with E-state index in [0.29, 0.717) is 12.5 Å². The first-order valence-corrected chi connectivity index (χ1v) is 8.05. The molecule has 1 aromatic rings. The maximum absolute atomic E-state index is 5.98. The molecule has 5 nitrogen and oxygen atoms in total. The summed E-state index contributed by atoms with van der Waals surface area (Å²) in [5.74, 6) is 2.28. The highest BCUT2D eigenvalue weighted by Crippen LogP contribution is 2.25. The Morgan fingerprint density at radius 3 is 2.68 bits per heavy atom. The van der Waals surface area contributed by atoms with Crippen molar-refractivity contribution in [3.8, 4) is 0 Å². The van der Waals surface area contributed by atoms with E-state index in [1.165, 1.54) is 19.3 Å². The summed E-state index contributed by atoms with van der Waals surface area (Å²) in [5.41, 5.74) is 5.98. The highest BCUT2D eigenvalue weighted by molar-refractivity contribution is 14.0. The van der Waals surface area contributed by atoms with Crippen LogP contribution in [0.1, 0.15) is 44.9 Å². The van der Waals surface area contributed by atoms with E-state index in [2.05, 4.69) is 29.1 Å². The number of nitrogens with one attached hydrogen (secondary N) is 1. The van der Waals surface area contributed by atoms with Crippen molar-refractivity contribution in [3.05, 3.63) is 24.2 Å². The van der Waals surface area contributed by atoms with Gasteiger partial charge in [-0.25, -0.2) is 0 Å². The molecule has 22 heavy (non-hydrogen) atoms. The van der Waals surface area contributed by atoms with E-state index < -0.39 is 0 Å². The van der Waals surface area contributed by atoms with Crippen LogP contribution in [0.4, 0.5) is 0 Å². The summed E-state index contributed by atoms with van der Waals surface area (Å²) < 4.78 is 5.57. The van der Waals surface area contributed by atoms with Crippen LogP contribution in [0.3, 0.4) is 0 Å². The van der Waals surface area contributed by atoms with Crippen molar-refractivity contribution in [2.45, 2.75) is 39.2 Å². The molecule has 2 rings (SSSR count). The van der Waals surface area contributed by atoms with Gasteiger partial charge < -0.3 is 15.5 Å². The first kappa shape index (κ1) is 19.3. The molecule has 1 unspecified atom stereocenters. The number of aliphatic imine (C=N–C) groups is 1. The van der Waals surface area contributed by atoms with E-state index >= 15 is 0 Å². The molecule has 1 aliphatic rings. The fourth-order valence-electron chi connectivity index (χ4n) is 2.72. The maximum Gasteiger partial charge on any atom is 0.188 e. The number of nitrogens with zero attached hydrogens (tertiary/aromatic N) is 2. The van der Waals surface area contributed by atoms with Gasteiger partial charge in [0.25, 0.3) is 0 Å². The summed E-state index contributed by atoms with van der Waals surface area (Å²) in [5, 5.41) is 3.24. The smallest absolute Gasteiger partial charge is 0.188 e. The van der Waals surface area contributed by atoms with Crippen molar-refractivity contribution >= 4 is 29.9 Å². The van der Waals surface area contributed by atoms with Gasteiger partial charge in [-0.3, -0.25) is 9.89 Å². The third-order valence-electron chi connectivity index (χ3n) is 4.36. The first-order chi connectivity index (χ1) is 10.2. The second-order valence-corrected chi connectivity index (χ2v) is 5.66. The summed E-state index contributed by atoms with van der Waals surface area (Å²) in [7, 11) is 0. The largest absolute Gasteiger partial charge is 0.468 e. The third kappa shape index (κ3) is 5.46. The quantitative estimate of drug-likeness (QED) is 0.386. The average molecular weight is 420 g/mol. The molecule has 0 amide bonds. The first-order valence-electron chi connectivity index (χ1n) is 8.05. The highest BCUT2D eigenvalue weighted by atomic mass is 127. The van der Waals surface area contributed by atoms with E-state index in [9.17, 15) is 0 Å². The van der Waals surface area contributed by atoms with Crippen LogP contribution in [0.2, 0.25) is 0 Å². The molecule has 0 bridgehead atoms. The number of rotatable bonds is 8. The van der Waals surface area contributed by atoms with Crippen molar-refractivity contribution in [1.29, 1.82) is 0 Å². The standard InChI is InChI=1S/C16H28N4O.HI/c1-3-20(4-2)14(15-9-6-10-21-15)12-19-16(17)18-11-13-7-5-8-13;/h6,9-10,13-14H,3-5,7-8,11-12H2,1-2H3,(H3,17,18,19);1H. The van der Waals surface area contributed by atoms with Gasteiger partial charge in [-0.15, -0.1) is 24.0 Å². The van der Waals surface area contributed by atoms with Crippen molar-refractivity contribution in [3.63, 3.8) is 0 Å². The Balaban J connectivity index is 0.00000242. The number of nitrogens with two attached hydrogens (primary N) is 1. The summed E-state index contributed by atoms with van der Waals surface area (Å²) in [4.78, 5) is 6.84. The molecule has 1 aliphatic carbocycles. The summed E-state index contributed by atoms with van der Waals surface area (Å²) in [6, 6.07) is 4.09. The van der Waals surface area contributed by atoms with Gasteiger partial charge in [0.05, 0.1) is 18.8 Å². The van der Waals surface area contributed by atoms with Gasteiger partial charge in [0, 0.05) is 6.54 Å². The molecule has 0 radical (unpaired) electrons. The summed E-state index contributed by atoms with van der Waals surface area (Å²) in [6.07, 6.45) is 5.70. The zero-order valence-electron chi connectivity index (χ0n) is 13.6. The number of furan rings is 1. The molecule has 1 fully saturated rings. The zero-order chi connectivity index (χ0) is 15.1. The molecule has 0 saturated heterocycles. The zero-order valence-corrected chi connectivity index (χ0v) is 16.0. The molecular formula is C16H29IN4O. The Morgan fingerprint density at radius 2 is 2.18 bits per heavy atom. The average Bonchev–Trinajstić information content (AvgIpc) is 2.95. The Hall–Kier alpha value is -0.760. The number of likely N-dealkylation sites (N-methyl/N-ethyl adjacent to an activating group) is 1. The number of guanidine groups is 1. The molecule has 1 aromatic heterocycles. The van der Waals surface area contributed by atoms with Crippen LogP contribution in [-0.4, -0.2) is 37.0 Å². The molecule has 0 aromatic carbocycles. The Kier molecular flexibility index (Phi) is 8.85. The third-order valence-corrected chi connectivity index (χ3v) is 4.36. The molecule has 1 atom stereocenters. The molecule has 126 valence electrons. The van der Waals surface area contributed by atoms with Crippen LogP contribution in [0.25, 0.3) is 0 Å². The van der Waals surface area contributed by atoms with Crippen molar-refractivity contribution in [2.24, 2.45) is 16.6 Å². The van der Waals surface area contributed by atoms with Crippen LogP contribution in [0, 0.1) is 5.92 Å². The predicted molar refractivity (Wildman–Crippen MR) is 102 cm³/mol. The van der Waals surface area contributed by atoms with E-state index in [1.807, 2.05) is 12.1 Å². The SMILES string of the molecule is CCN(CC)C(CN=C(N)NCC1CCC1)c1ccco1.I. The summed E-state index contributed by atoms with van der Waals surface area (Å²) >= 11 is 0. The number of hydrogen-bond acceptors (Lipinski definition) is 3. The van der Waals surface area contributed by atoms with Gasteiger partial charge >= 0.3 is 0 Å². The molecule has 0 spiro atoms. The molecule has 3 N–H and O–H groups in total. The molecule has 1 heterocycles. The van der Waals surface area contributed by atoms with Crippen molar-refractivity contribution in [2.75, 3.05) is 26.2 Å². The predicted octanol–water partition coefficient (Wildman–Crippen LogP) is 2.98. The van der Waals surface area contributed by atoms with Crippen LogP contribution >= 0.6 is 24.0 Å². The van der Waals surface area contributed by atoms with E-state index in [-0.39, 0.29) is 30.0 Å². The highest BCUT2D eigenvalue weighted by Gasteiger charge is 2.20. The number of hydrogen-bond donors (Lipinski definition) is 2. The molecular weight excluding hydrogens is 391 g/mol. The van der Waals surface area contributed by atoms with Crippen LogP contribution in [0.15, 0.2) is 27.8 Å². The monoisotopic (exact) mass is 420 g/mol. The fraction of sp³-hybridized carbons (Fsp3) is 0.688. The minimum Gasteiger partial charge on any atom is -0.468 e. The lowest BCUT2D eigenvalue weighted by atomic mass is 9.85. The number of halogens is 1. The van der Waals surface area contributed by atoms with Gasteiger partial charge in [0.2, 0.25) is 0 Å².